The summed E-state index contributed by atoms with van der Waals surface area (Å²) in [5.41, 5.74) is 2.90. The molecule has 0 saturated carbocycles. The van der Waals surface area contributed by atoms with Gasteiger partial charge in [0.25, 0.3) is 5.91 Å². The Morgan fingerprint density at radius 1 is 1.13 bits per heavy atom. The molecule has 0 fully saturated rings. The van der Waals surface area contributed by atoms with Crippen LogP contribution < -0.4 is 4.74 Å². The van der Waals surface area contributed by atoms with Crippen LogP contribution in [0.15, 0.2) is 48.5 Å². The zero-order valence-corrected chi connectivity index (χ0v) is 16.5. The highest BCUT2D eigenvalue weighted by atomic mass is 19.4. The Hall–Kier alpha value is -3.29. The molecule has 1 aliphatic heterocycles. The molecule has 156 valence electrons. The zero-order valence-electron chi connectivity index (χ0n) is 16.5. The summed E-state index contributed by atoms with van der Waals surface area (Å²) in [5.74, 6) is -0.480. The van der Waals surface area contributed by atoms with E-state index in [0.717, 1.165) is 34.6 Å². The lowest BCUT2D eigenvalue weighted by Crippen LogP contribution is -2.36. The first-order chi connectivity index (χ1) is 14.3. The van der Waals surface area contributed by atoms with Crippen molar-refractivity contribution < 1.29 is 22.7 Å². The lowest BCUT2D eigenvalue weighted by atomic mass is 9.99. The molecule has 2 aromatic carbocycles. The van der Waals surface area contributed by atoms with E-state index in [2.05, 4.69) is 5.10 Å². The van der Waals surface area contributed by atoms with E-state index in [0.29, 0.717) is 13.0 Å². The third kappa shape index (κ3) is 3.65. The number of rotatable bonds is 3. The van der Waals surface area contributed by atoms with Crippen LogP contribution >= 0.6 is 0 Å². The van der Waals surface area contributed by atoms with Crippen LogP contribution in [-0.2, 0) is 26.2 Å². The molecule has 0 atom stereocenters. The topological polar surface area (TPSA) is 47.4 Å². The fraction of sp³-hybridized carbons (Fsp3) is 0.273. The van der Waals surface area contributed by atoms with Gasteiger partial charge in [-0.3, -0.25) is 9.48 Å². The first-order valence-corrected chi connectivity index (χ1v) is 9.43. The summed E-state index contributed by atoms with van der Waals surface area (Å²) in [7, 11) is 3.13. The summed E-state index contributed by atoms with van der Waals surface area (Å²) in [6, 6.07) is 12.9. The van der Waals surface area contributed by atoms with Gasteiger partial charge in [0.1, 0.15) is 5.75 Å². The predicted octanol–water partition coefficient (Wildman–Crippen LogP) is 4.31. The summed E-state index contributed by atoms with van der Waals surface area (Å²) >= 11 is 0. The number of ether oxygens (including phenoxy) is 1. The molecule has 5 nitrogen and oxygen atoms in total. The Bertz CT molecular complexity index is 1090. The molecule has 0 radical (unpaired) electrons. The van der Waals surface area contributed by atoms with E-state index in [1.807, 2.05) is 37.4 Å². The highest BCUT2D eigenvalue weighted by Gasteiger charge is 2.33. The number of nitrogens with zero attached hydrogens (tertiary/aromatic N) is 3. The Morgan fingerprint density at radius 3 is 2.53 bits per heavy atom. The second kappa shape index (κ2) is 7.51. The molecule has 8 heteroatoms. The monoisotopic (exact) mass is 415 g/mol. The van der Waals surface area contributed by atoms with Crippen molar-refractivity contribution in [2.24, 2.45) is 7.05 Å². The second-order valence-corrected chi connectivity index (χ2v) is 7.19. The van der Waals surface area contributed by atoms with Gasteiger partial charge in [-0.1, -0.05) is 30.3 Å². The third-order valence-corrected chi connectivity index (χ3v) is 5.25. The molecule has 2 heterocycles. The maximum absolute atomic E-state index is 13.2. The van der Waals surface area contributed by atoms with Gasteiger partial charge in [-0.25, -0.2) is 0 Å². The van der Waals surface area contributed by atoms with E-state index in [9.17, 15) is 18.0 Å². The minimum Gasteiger partial charge on any atom is -0.497 e. The van der Waals surface area contributed by atoms with Gasteiger partial charge < -0.3 is 9.64 Å². The number of amides is 1. The summed E-state index contributed by atoms with van der Waals surface area (Å²) in [5, 5.41) is 4.56. The van der Waals surface area contributed by atoms with Gasteiger partial charge in [0.2, 0.25) is 0 Å². The molecule has 0 N–H and O–H groups in total. The summed E-state index contributed by atoms with van der Waals surface area (Å²) < 4.78 is 46.4. The lowest BCUT2D eigenvalue weighted by molar-refractivity contribution is -0.137. The second-order valence-electron chi connectivity index (χ2n) is 7.19. The van der Waals surface area contributed by atoms with Gasteiger partial charge in [0.15, 0.2) is 0 Å². The fourth-order valence-electron chi connectivity index (χ4n) is 3.84. The number of methoxy groups -OCH3 is 1. The first-order valence-electron chi connectivity index (χ1n) is 9.43. The van der Waals surface area contributed by atoms with Crippen molar-refractivity contribution in [3.63, 3.8) is 0 Å². The Morgan fingerprint density at radius 2 is 1.87 bits per heavy atom. The van der Waals surface area contributed by atoms with Crippen LogP contribution in [0.4, 0.5) is 13.2 Å². The molecule has 0 bridgehead atoms. The van der Waals surface area contributed by atoms with E-state index in [1.165, 1.54) is 18.1 Å². The van der Waals surface area contributed by atoms with Crippen LogP contribution in [0.2, 0.25) is 0 Å². The number of aromatic nitrogens is 2. The van der Waals surface area contributed by atoms with E-state index in [1.54, 1.807) is 4.68 Å². The number of carbonyl (C=O) groups excluding carboxylic acids is 1. The number of aryl methyl sites for hydroxylation is 1. The molecular formula is C22H20F3N3O2. The van der Waals surface area contributed by atoms with E-state index >= 15 is 0 Å². The van der Waals surface area contributed by atoms with Crippen LogP contribution in [0.25, 0.3) is 11.3 Å². The quantitative estimate of drug-likeness (QED) is 0.640. The zero-order chi connectivity index (χ0) is 21.5. The highest BCUT2D eigenvalue weighted by Crippen LogP contribution is 2.34. The minimum absolute atomic E-state index is 0.00456. The molecule has 1 aromatic heterocycles. The normalized spacial score (nSPS) is 13.8. The van der Waals surface area contributed by atoms with Gasteiger partial charge in [-0.05, 0) is 24.6 Å². The summed E-state index contributed by atoms with van der Waals surface area (Å²) in [6.45, 7) is 0.642. The smallest absolute Gasteiger partial charge is 0.416 e. The number of hydrogen-bond donors (Lipinski definition) is 0. The largest absolute Gasteiger partial charge is 0.497 e. The van der Waals surface area contributed by atoms with Crippen molar-refractivity contribution >= 4 is 5.91 Å². The maximum Gasteiger partial charge on any atom is 0.416 e. The van der Waals surface area contributed by atoms with Gasteiger partial charge >= 0.3 is 6.18 Å². The molecule has 0 unspecified atom stereocenters. The molecule has 0 spiro atoms. The molecule has 0 aliphatic carbocycles. The van der Waals surface area contributed by atoms with Crippen LogP contribution in [0, 0.1) is 0 Å². The molecule has 1 aliphatic rings. The van der Waals surface area contributed by atoms with Crippen LogP contribution in [-0.4, -0.2) is 34.2 Å². The van der Waals surface area contributed by atoms with Gasteiger partial charge in [0.05, 0.1) is 30.6 Å². The number of carbonyl (C=O) groups is 1. The predicted molar refractivity (Wildman–Crippen MR) is 105 cm³/mol. The molecule has 4 rings (SSSR count). The van der Waals surface area contributed by atoms with E-state index in [4.69, 9.17) is 4.74 Å². The standard InChI is InChI=1S/C22H20F3N3O2/c1-27-20(14-6-4-3-5-7-14)18-8-9-28(13-19(18)26-27)21(29)15-10-16(22(23,24)25)12-17(11-15)30-2/h3-7,10-12H,8-9,13H2,1-2H3. The number of halogens is 3. The number of hydrogen-bond acceptors (Lipinski definition) is 3. The Balaban J connectivity index is 1.64. The molecule has 3 aromatic rings. The van der Waals surface area contributed by atoms with Crippen molar-refractivity contribution in [2.45, 2.75) is 19.1 Å². The van der Waals surface area contributed by atoms with Crippen molar-refractivity contribution in [1.82, 2.24) is 14.7 Å². The van der Waals surface area contributed by atoms with Gasteiger partial charge in [0, 0.05) is 30.3 Å². The lowest BCUT2D eigenvalue weighted by Gasteiger charge is -2.27. The minimum atomic E-state index is -4.57. The van der Waals surface area contributed by atoms with Crippen molar-refractivity contribution in [3.05, 3.63) is 70.9 Å². The van der Waals surface area contributed by atoms with Crippen molar-refractivity contribution in [3.8, 4) is 17.0 Å². The molecule has 0 saturated heterocycles. The maximum atomic E-state index is 13.2. The van der Waals surface area contributed by atoms with Crippen LogP contribution in [0.1, 0.15) is 27.2 Å². The molecule has 1 amide bonds. The van der Waals surface area contributed by atoms with Gasteiger partial charge in [-0.2, -0.15) is 18.3 Å². The van der Waals surface area contributed by atoms with E-state index < -0.39 is 17.6 Å². The van der Waals surface area contributed by atoms with Crippen LogP contribution in [0.5, 0.6) is 5.75 Å². The molecule has 30 heavy (non-hydrogen) atoms. The Kier molecular flexibility index (Phi) is 5.01. The van der Waals surface area contributed by atoms with Crippen LogP contribution in [0.3, 0.4) is 0 Å². The first kappa shape index (κ1) is 20.0. The Labute approximate surface area is 171 Å². The highest BCUT2D eigenvalue weighted by molar-refractivity contribution is 5.95. The average molecular weight is 415 g/mol. The summed E-state index contributed by atoms with van der Waals surface area (Å²) in [6.07, 6.45) is -3.99. The number of benzene rings is 2. The fourth-order valence-corrected chi connectivity index (χ4v) is 3.84. The number of fused-ring (bicyclic) bond motifs is 1. The number of alkyl halides is 3. The van der Waals surface area contributed by atoms with Crippen molar-refractivity contribution in [1.29, 1.82) is 0 Å². The van der Waals surface area contributed by atoms with Crippen molar-refractivity contribution in [2.75, 3.05) is 13.7 Å². The SMILES string of the molecule is COc1cc(C(=O)N2CCc3c(nn(C)c3-c3ccccc3)C2)cc(C(F)(F)F)c1. The third-order valence-electron chi connectivity index (χ3n) is 5.25. The average Bonchev–Trinajstić information content (AvgIpc) is 3.07. The van der Waals surface area contributed by atoms with Gasteiger partial charge in [-0.15, -0.1) is 0 Å². The summed E-state index contributed by atoms with van der Waals surface area (Å²) in [4.78, 5) is 14.5. The van der Waals surface area contributed by atoms with E-state index in [-0.39, 0.29) is 17.9 Å². The molecular weight excluding hydrogens is 395 g/mol.